The first-order chi connectivity index (χ1) is 10.2. The molecule has 22 heavy (non-hydrogen) atoms. The number of aliphatic hydroxyl groups is 1. The Kier molecular flexibility index (Phi) is 19.5. The molecule has 0 aliphatic rings. The molecule has 0 rings (SSSR count). The lowest BCUT2D eigenvalue weighted by Gasteiger charge is -2.39. The van der Waals surface area contributed by atoms with Crippen molar-refractivity contribution in [2.24, 2.45) is 0 Å². The fourth-order valence-electron chi connectivity index (χ4n) is 3.35. The van der Waals surface area contributed by atoms with Crippen LogP contribution in [0.1, 0.15) is 91.4 Å². The normalized spacial score (nSPS) is 11.5. The van der Waals surface area contributed by atoms with Crippen molar-refractivity contribution in [1.29, 1.82) is 0 Å². The number of hydrogen-bond donors (Lipinski definition) is 1. The Morgan fingerprint density at radius 3 is 1.32 bits per heavy atom. The molecule has 0 unspecified atom stereocenters. The van der Waals surface area contributed by atoms with E-state index < -0.39 is 0 Å². The second kappa shape index (κ2) is 17.6. The van der Waals surface area contributed by atoms with Crippen molar-refractivity contribution in [2.75, 3.05) is 32.8 Å². The van der Waals surface area contributed by atoms with Crippen molar-refractivity contribution in [3.63, 3.8) is 0 Å². The van der Waals surface area contributed by atoms with Gasteiger partial charge >= 0.3 is 0 Å². The lowest BCUT2D eigenvalue weighted by molar-refractivity contribution is -0.929. The number of rotatable bonds is 16. The van der Waals surface area contributed by atoms with E-state index in [-0.39, 0.29) is 12.4 Å². The van der Waals surface area contributed by atoms with Crippen LogP contribution in [0.3, 0.4) is 0 Å². The van der Waals surface area contributed by atoms with Crippen LogP contribution in [0.5, 0.6) is 0 Å². The number of unbranched alkanes of at least 4 members (excludes halogenated alkanes) is 7. The van der Waals surface area contributed by atoms with Crippen molar-refractivity contribution >= 4 is 0 Å². The zero-order valence-corrected chi connectivity index (χ0v) is 16.3. The van der Waals surface area contributed by atoms with E-state index in [4.69, 9.17) is 0 Å². The zero-order valence-electron chi connectivity index (χ0n) is 15.6. The summed E-state index contributed by atoms with van der Waals surface area (Å²) in [4.78, 5) is 0. The van der Waals surface area contributed by atoms with Gasteiger partial charge < -0.3 is 22.0 Å². The Hall–Kier alpha value is 0.210. The van der Waals surface area contributed by atoms with Crippen molar-refractivity contribution in [3.8, 4) is 0 Å². The second-order valence-electron chi connectivity index (χ2n) is 6.79. The monoisotopic (exact) mass is 335 g/mol. The average Bonchev–Trinajstić information content (AvgIpc) is 2.50. The first-order valence-corrected chi connectivity index (χ1v) is 9.70. The maximum Gasteiger partial charge on any atom is 0.0808 e. The van der Waals surface area contributed by atoms with Crippen molar-refractivity contribution in [1.82, 2.24) is 0 Å². The van der Waals surface area contributed by atoms with Crippen LogP contribution in [0.2, 0.25) is 0 Å². The standard InChI is InChI=1S/C19H42NO.ClH/c1-4-7-10-13-17-20(18-14-19-21,15-11-8-5-2)16-12-9-6-3;/h21H,4-19H2,1-3H3;1H/q+1;/p-1. The minimum atomic E-state index is 0. The minimum absolute atomic E-state index is 0. The maximum atomic E-state index is 9.27. The van der Waals surface area contributed by atoms with E-state index >= 15 is 0 Å². The van der Waals surface area contributed by atoms with Gasteiger partial charge in [-0.25, -0.2) is 0 Å². The van der Waals surface area contributed by atoms with Gasteiger partial charge in [0.25, 0.3) is 0 Å². The van der Waals surface area contributed by atoms with Gasteiger partial charge in [0.2, 0.25) is 0 Å². The summed E-state index contributed by atoms with van der Waals surface area (Å²) in [6, 6.07) is 0. The predicted molar refractivity (Wildman–Crippen MR) is 94.6 cm³/mol. The topological polar surface area (TPSA) is 20.2 Å². The van der Waals surface area contributed by atoms with Gasteiger partial charge in [-0.3, -0.25) is 0 Å². The first kappa shape index (κ1) is 24.5. The van der Waals surface area contributed by atoms with Crippen LogP contribution in [0.25, 0.3) is 0 Å². The molecule has 0 aromatic rings. The third-order valence-electron chi connectivity index (χ3n) is 4.75. The molecule has 0 aromatic heterocycles. The Morgan fingerprint density at radius 2 is 0.909 bits per heavy atom. The molecule has 0 atom stereocenters. The van der Waals surface area contributed by atoms with Crippen LogP contribution in [0, 0.1) is 0 Å². The fourth-order valence-corrected chi connectivity index (χ4v) is 3.35. The van der Waals surface area contributed by atoms with Crippen LogP contribution in [-0.4, -0.2) is 42.4 Å². The van der Waals surface area contributed by atoms with Gasteiger partial charge in [-0.2, -0.15) is 0 Å². The average molecular weight is 336 g/mol. The van der Waals surface area contributed by atoms with Gasteiger partial charge in [0.05, 0.1) is 26.2 Å². The minimum Gasteiger partial charge on any atom is -1.00 e. The molecule has 1 N–H and O–H groups in total. The van der Waals surface area contributed by atoms with Crippen molar-refractivity contribution in [2.45, 2.75) is 91.4 Å². The van der Waals surface area contributed by atoms with Crippen LogP contribution in [0.15, 0.2) is 0 Å². The summed E-state index contributed by atoms with van der Waals surface area (Å²) in [7, 11) is 0. The molecule has 0 aliphatic heterocycles. The Balaban J connectivity index is 0. The Bertz CT molecular complexity index is 202. The fraction of sp³-hybridized carbons (Fsp3) is 1.00. The highest BCUT2D eigenvalue weighted by Gasteiger charge is 2.25. The molecule has 2 nitrogen and oxygen atoms in total. The molecule has 0 spiro atoms. The predicted octanol–water partition coefficient (Wildman–Crippen LogP) is 2.15. The molecular weight excluding hydrogens is 294 g/mol. The largest absolute Gasteiger partial charge is 1.00 e. The number of aliphatic hydroxyl groups excluding tert-OH is 1. The molecule has 0 radical (unpaired) electrons. The summed E-state index contributed by atoms with van der Waals surface area (Å²) < 4.78 is 1.28. The van der Waals surface area contributed by atoms with Gasteiger partial charge in [-0.05, 0) is 38.5 Å². The SMILES string of the molecule is CCCCCC[N+](CCCO)(CCCCC)CCCCC.[Cl-]. The van der Waals surface area contributed by atoms with Crippen molar-refractivity contribution < 1.29 is 22.0 Å². The number of quaternary nitrogens is 1. The van der Waals surface area contributed by atoms with Gasteiger partial charge in [0, 0.05) is 13.0 Å². The Labute approximate surface area is 146 Å². The molecular formula is C19H42ClNO. The highest BCUT2D eigenvalue weighted by molar-refractivity contribution is 4.51. The third-order valence-corrected chi connectivity index (χ3v) is 4.75. The van der Waals surface area contributed by atoms with E-state index in [0.29, 0.717) is 6.61 Å². The molecule has 0 saturated heterocycles. The number of hydrogen-bond acceptors (Lipinski definition) is 1. The molecule has 0 aliphatic carbocycles. The summed E-state index contributed by atoms with van der Waals surface area (Å²) in [6.45, 7) is 12.4. The van der Waals surface area contributed by atoms with E-state index in [0.717, 1.165) is 6.42 Å². The van der Waals surface area contributed by atoms with Crippen LogP contribution in [-0.2, 0) is 0 Å². The molecule has 3 heteroatoms. The zero-order chi connectivity index (χ0) is 15.8. The van der Waals surface area contributed by atoms with Gasteiger partial charge in [0.15, 0.2) is 0 Å². The first-order valence-electron chi connectivity index (χ1n) is 9.70. The van der Waals surface area contributed by atoms with Gasteiger partial charge in [0.1, 0.15) is 0 Å². The van der Waals surface area contributed by atoms with Crippen LogP contribution in [0.4, 0.5) is 0 Å². The molecule has 0 heterocycles. The molecule has 0 saturated carbocycles. The van der Waals surface area contributed by atoms with E-state index in [9.17, 15) is 5.11 Å². The molecule has 0 bridgehead atoms. The lowest BCUT2D eigenvalue weighted by Crippen LogP contribution is -3.00. The summed E-state index contributed by atoms with van der Waals surface area (Å²) in [5.41, 5.74) is 0. The summed E-state index contributed by atoms with van der Waals surface area (Å²) >= 11 is 0. The molecule has 0 amide bonds. The Morgan fingerprint density at radius 1 is 0.545 bits per heavy atom. The summed E-state index contributed by atoms with van der Waals surface area (Å²) in [5.74, 6) is 0. The lowest BCUT2D eigenvalue weighted by atomic mass is 10.1. The summed E-state index contributed by atoms with van der Waals surface area (Å²) in [6.07, 6.45) is 14.5. The molecule has 0 aromatic carbocycles. The second-order valence-corrected chi connectivity index (χ2v) is 6.79. The van der Waals surface area contributed by atoms with Crippen LogP contribution < -0.4 is 12.4 Å². The third kappa shape index (κ3) is 12.7. The molecule has 136 valence electrons. The van der Waals surface area contributed by atoms with Crippen LogP contribution >= 0.6 is 0 Å². The highest BCUT2D eigenvalue weighted by Crippen LogP contribution is 2.17. The van der Waals surface area contributed by atoms with E-state index in [1.807, 2.05) is 0 Å². The van der Waals surface area contributed by atoms with Gasteiger partial charge in [-0.15, -0.1) is 0 Å². The maximum absolute atomic E-state index is 9.27. The number of nitrogens with zero attached hydrogens (tertiary/aromatic N) is 1. The van der Waals surface area contributed by atoms with Crippen molar-refractivity contribution in [3.05, 3.63) is 0 Å². The summed E-state index contributed by atoms with van der Waals surface area (Å²) in [5, 5.41) is 9.27. The molecule has 0 fully saturated rings. The van der Waals surface area contributed by atoms with Gasteiger partial charge in [-0.1, -0.05) is 46.5 Å². The smallest absolute Gasteiger partial charge is 0.0808 e. The van der Waals surface area contributed by atoms with E-state index in [1.54, 1.807) is 0 Å². The number of halogens is 1. The van der Waals surface area contributed by atoms with E-state index in [2.05, 4.69) is 20.8 Å². The quantitative estimate of drug-likeness (QED) is 0.338. The highest BCUT2D eigenvalue weighted by atomic mass is 35.5. The van der Waals surface area contributed by atoms with E-state index in [1.165, 1.54) is 94.9 Å².